The lowest BCUT2D eigenvalue weighted by atomic mass is 9.96. The smallest absolute Gasteiger partial charge is 0.327 e. The molecule has 2 aliphatic rings. The minimum absolute atomic E-state index is 0.0395. The first-order valence-electron chi connectivity index (χ1n) is 6.72. The summed E-state index contributed by atoms with van der Waals surface area (Å²) in [5.41, 5.74) is 3.39. The highest BCUT2D eigenvalue weighted by atomic mass is 32.2. The molecule has 0 aliphatic carbocycles. The summed E-state index contributed by atoms with van der Waals surface area (Å²) >= 11 is 1.60. The zero-order valence-electron chi connectivity index (χ0n) is 11.5. The topological polar surface area (TPSA) is 57.6 Å². The maximum absolute atomic E-state index is 12.2. The van der Waals surface area contributed by atoms with Crippen LogP contribution in [0.15, 0.2) is 18.2 Å². The van der Waals surface area contributed by atoms with Crippen LogP contribution in [0.2, 0.25) is 0 Å². The van der Waals surface area contributed by atoms with Gasteiger partial charge in [0.05, 0.1) is 0 Å². The average molecular weight is 291 g/mol. The van der Waals surface area contributed by atoms with Gasteiger partial charge in [-0.1, -0.05) is 23.8 Å². The second-order valence-electron chi connectivity index (χ2n) is 5.53. The van der Waals surface area contributed by atoms with E-state index >= 15 is 0 Å². The van der Waals surface area contributed by atoms with E-state index in [1.54, 1.807) is 16.7 Å². The largest absolute Gasteiger partial charge is 0.480 e. The first-order valence-corrected chi connectivity index (χ1v) is 7.71. The first kappa shape index (κ1) is 13.5. The van der Waals surface area contributed by atoms with E-state index < -0.39 is 16.9 Å². The molecule has 2 atom stereocenters. The lowest BCUT2D eigenvalue weighted by molar-refractivity contribution is -0.148. The van der Waals surface area contributed by atoms with E-state index in [0.29, 0.717) is 18.6 Å². The van der Waals surface area contributed by atoms with Crippen molar-refractivity contribution in [2.45, 2.75) is 37.6 Å². The Labute approximate surface area is 122 Å². The van der Waals surface area contributed by atoms with Crippen molar-refractivity contribution in [1.82, 2.24) is 4.90 Å². The quantitative estimate of drug-likeness (QED) is 0.908. The molecule has 1 N–H and O–H groups in total. The zero-order valence-corrected chi connectivity index (χ0v) is 12.4. The van der Waals surface area contributed by atoms with Crippen LogP contribution in [-0.4, -0.2) is 33.7 Å². The normalized spacial score (nSPS) is 28.8. The predicted molar refractivity (Wildman–Crippen MR) is 77.6 cm³/mol. The Balaban J connectivity index is 2.11. The fourth-order valence-electron chi connectivity index (χ4n) is 3.35. The summed E-state index contributed by atoms with van der Waals surface area (Å²) in [4.78, 5) is 24.7. The van der Waals surface area contributed by atoms with Gasteiger partial charge in [-0.15, -0.1) is 11.8 Å². The number of nitrogens with zero attached hydrogens (tertiary/aromatic N) is 1. The number of amides is 1. The number of carboxylic acid groups (broad SMARTS) is 1. The molecule has 0 bridgehead atoms. The van der Waals surface area contributed by atoms with Crippen LogP contribution in [0.1, 0.15) is 29.5 Å². The van der Waals surface area contributed by atoms with Gasteiger partial charge in [-0.25, -0.2) is 4.79 Å². The molecule has 0 saturated carbocycles. The molecule has 2 fully saturated rings. The molecule has 1 aromatic carbocycles. The number of aliphatic carboxylic acids is 1. The van der Waals surface area contributed by atoms with Gasteiger partial charge < -0.3 is 10.0 Å². The van der Waals surface area contributed by atoms with Gasteiger partial charge in [-0.05, 0) is 31.4 Å². The summed E-state index contributed by atoms with van der Waals surface area (Å²) in [6, 6.07) is 5.48. The summed E-state index contributed by atoms with van der Waals surface area (Å²) in [5, 5.41) is 9.35. The van der Waals surface area contributed by atoms with Crippen LogP contribution < -0.4 is 0 Å². The lowest BCUT2D eigenvalue weighted by Gasteiger charge is -2.34. The number of benzene rings is 1. The van der Waals surface area contributed by atoms with Gasteiger partial charge in [0.25, 0.3) is 0 Å². The van der Waals surface area contributed by atoms with E-state index in [-0.39, 0.29) is 5.91 Å². The average Bonchev–Trinajstić information content (AvgIpc) is 2.89. The highest BCUT2D eigenvalue weighted by Crippen LogP contribution is 2.55. The van der Waals surface area contributed by atoms with E-state index in [2.05, 4.69) is 6.07 Å². The van der Waals surface area contributed by atoms with Crippen LogP contribution >= 0.6 is 11.8 Å². The molecule has 0 unspecified atom stereocenters. The van der Waals surface area contributed by atoms with Gasteiger partial charge in [0.1, 0.15) is 10.9 Å². The van der Waals surface area contributed by atoms with Crippen LogP contribution in [0.25, 0.3) is 0 Å². The van der Waals surface area contributed by atoms with Crippen molar-refractivity contribution in [3.8, 4) is 0 Å². The summed E-state index contributed by atoms with van der Waals surface area (Å²) < 4.78 is 0. The van der Waals surface area contributed by atoms with Gasteiger partial charge in [0.15, 0.2) is 0 Å². The highest BCUT2D eigenvalue weighted by molar-refractivity contribution is 8.00. The number of carbonyl (C=O) groups excluding carboxylic acids is 1. The minimum Gasteiger partial charge on any atom is -0.480 e. The molecule has 3 rings (SSSR count). The number of carboxylic acids is 1. The van der Waals surface area contributed by atoms with Crippen LogP contribution in [0.3, 0.4) is 0 Å². The SMILES string of the molecule is Cc1ccc([C@@]23CCC(=O)N2[C@H](C(=O)O)CS3)c(C)c1. The molecule has 106 valence electrons. The monoisotopic (exact) mass is 291 g/mol. The second kappa shape index (κ2) is 4.52. The van der Waals surface area contributed by atoms with Crippen LogP contribution in [-0.2, 0) is 14.5 Å². The van der Waals surface area contributed by atoms with Crippen molar-refractivity contribution >= 4 is 23.6 Å². The maximum atomic E-state index is 12.2. The lowest BCUT2D eigenvalue weighted by Crippen LogP contribution is -2.46. The molecule has 4 nitrogen and oxygen atoms in total. The van der Waals surface area contributed by atoms with E-state index in [1.165, 1.54) is 5.56 Å². The van der Waals surface area contributed by atoms with Gasteiger partial charge in [0, 0.05) is 12.2 Å². The molecule has 2 aliphatic heterocycles. The summed E-state index contributed by atoms with van der Waals surface area (Å²) in [6.07, 6.45) is 1.13. The molecular formula is C15H17NO3S. The number of rotatable bonds is 2. The van der Waals surface area contributed by atoms with E-state index in [4.69, 9.17) is 0 Å². The van der Waals surface area contributed by atoms with Crippen molar-refractivity contribution in [1.29, 1.82) is 0 Å². The van der Waals surface area contributed by atoms with Crippen LogP contribution in [0.4, 0.5) is 0 Å². The molecule has 1 aromatic rings. The standard InChI is InChI=1S/C15H17NO3S/c1-9-3-4-11(10(2)7-9)15-6-5-13(17)16(15)12(8-20-15)14(18)19/h3-4,7,12H,5-6,8H2,1-2H3,(H,18,19)/t12-,15-/m0/s1. The molecule has 0 radical (unpaired) electrons. The third-order valence-electron chi connectivity index (χ3n) is 4.22. The number of hydrogen-bond donors (Lipinski definition) is 1. The Hall–Kier alpha value is -1.49. The fraction of sp³-hybridized carbons (Fsp3) is 0.467. The van der Waals surface area contributed by atoms with Crippen LogP contribution in [0, 0.1) is 13.8 Å². The summed E-state index contributed by atoms with van der Waals surface area (Å²) in [7, 11) is 0. The molecule has 1 amide bonds. The number of thioether (sulfide) groups is 1. The minimum atomic E-state index is -0.903. The molecule has 20 heavy (non-hydrogen) atoms. The predicted octanol–water partition coefficient (Wildman–Crippen LogP) is 2.28. The highest BCUT2D eigenvalue weighted by Gasteiger charge is 2.57. The molecule has 2 saturated heterocycles. The van der Waals surface area contributed by atoms with Gasteiger partial charge in [-0.2, -0.15) is 0 Å². The molecule has 2 heterocycles. The zero-order chi connectivity index (χ0) is 14.5. The van der Waals surface area contributed by atoms with E-state index in [1.807, 2.05) is 26.0 Å². The summed E-state index contributed by atoms with van der Waals surface area (Å²) in [6.45, 7) is 4.07. The molecule has 5 heteroatoms. The Morgan fingerprint density at radius 3 is 2.85 bits per heavy atom. The summed E-state index contributed by atoms with van der Waals surface area (Å²) in [5.74, 6) is -0.476. The van der Waals surface area contributed by atoms with Crippen LogP contribution in [0.5, 0.6) is 0 Å². The third kappa shape index (κ3) is 1.76. The molecular weight excluding hydrogens is 274 g/mol. The number of aryl methyl sites for hydroxylation is 2. The molecule has 0 spiro atoms. The van der Waals surface area contributed by atoms with Crippen molar-refractivity contribution in [3.05, 3.63) is 34.9 Å². The Kier molecular flexibility index (Phi) is 3.05. The van der Waals surface area contributed by atoms with Gasteiger partial charge in [0.2, 0.25) is 5.91 Å². The number of hydrogen-bond acceptors (Lipinski definition) is 3. The van der Waals surface area contributed by atoms with E-state index in [0.717, 1.165) is 11.1 Å². The fourth-order valence-corrected chi connectivity index (χ4v) is 5.08. The molecule has 0 aromatic heterocycles. The number of carbonyl (C=O) groups is 2. The van der Waals surface area contributed by atoms with E-state index in [9.17, 15) is 14.7 Å². The Bertz CT molecular complexity index is 601. The third-order valence-corrected chi connectivity index (χ3v) is 5.80. The van der Waals surface area contributed by atoms with Crippen molar-refractivity contribution < 1.29 is 14.7 Å². The Morgan fingerprint density at radius 2 is 2.20 bits per heavy atom. The van der Waals surface area contributed by atoms with Crippen molar-refractivity contribution in [3.63, 3.8) is 0 Å². The second-order valence-corrected chi connectivity index (χ2v) is 6.83. The van der Waals surface area contributed by atoms with Crippen molar-refractivity contribution in [2.24, 2.45) is 0 Å². The van der Waals surface area contributed by atoms with Gasteiger partial charge in [-0.3, -0.25) is 4.79 Å². The maximum Gasteiger partial charge on any atom is 0.327 e. The van der Waals surface area contributed by atoms with Crippen molar-refractivity contribution in [2.75, 3.05) is 5.75 Å². The Morgan fingerprint density at radius 1 is 1.45 bits per heavy atom. The number of fused-ring (bicyclic) bond motifs is 1. The van der Waals surface area contributed by atoms with Gasteiger partial charge >= 0.3 is 5.97 Å². The first-order chi connectivity index (χ1) is 9.45.